The number of hydrogen-bond acceptors (Lipinski definition) is 5. The maximum Gasteiger partial charge on any atom is 0.270 e. The molecule has 0 aliphatic carbocycles. The van der Waals surface area contributed by atoms with E-state index in [-0.39, 0.29) is 18.8 Å². The van der Waals surface area contributed by atoms with Crippen molar-refractivity contribution in [1.29, 1.82) is 0 Å². The highest BCUT2D eigenvalue weighted by atomic mass is 16.7. The van der Waals surface area contributed by atoms with E-state index in [1.54, 1.807) is 0 Å². The third-order valence-electron chi connectivity index (χ3n) is 5.38. The molecule has 7 nitrogen and oxygen atoms in total. The van der Waals surface area contributed by atoms with Crippen molar-refractivity contribution in [1.82, 2.24) is 9.47 Å². The third kappa shape index (κ3) is 3.38. The molecule has 2 aromatic carbocycles. The highest BCUT2D eigenvalue weighted by molar-refractivity contribution is 5.98. The van der Waals surface area contributed by atoms with Gasteiger partial charge >= 0.3 is 0 Å². The number of amides is 1. The van der Waals surface area contributed by atoms with E-state index in [0.29, 0.717) is 43.5 Å². The smallest absolute Gasteiger partial charge is 0.270 e. The van der Waals surface area contributed by atoms with E-state index in [1.807, 2.05) is 65.0 Å². The molecule has 1 unspecified atom stereocenters. The van der Waals surface area contributed by atoms with Crippen molar-refractivity contribution in [2.24, 2.45) is 7.05 Å². The van der Waals surface area contributed by atoms with Crippen LogP contribution in [0, 0.1) is 0 Å². The zero-order valence-corrected chi connectivity index (χ0v) is 16.2. The van der Waals surface area contributed by atoms with Crippen molar-refractivity contribution < 1.29 is 23.7 Å². The van der Waals surface area contributed by atoms with E-state index in [0.717, 1.165) is 16.7 Å². The number of fused-ring (bicyclic) bond motifs is 2. The number of nitrogens with zero attached hydrogens (tertiary/aromatic N) is 2. The van der Waals surface area contributed by atoms with Crippen molar-refractivity contribution in [3.8, 4) is 17.2 Å². The summed E-state index contributed by atoms with van der Waals surface area (Å²) in [5.74, 6) is 2.10. The molecule has 150 valence electrons. The standard InChI is InChI=1S/C22H22N2O5/c1-23-18-5-3-2-4-15(18)10-19(23)22(25)24-8-9-26-17(12-24)13-27-16-6-7-20-21(11-16)29-14-28-20/h2-7,10-11,17H,8-9,12-14H2,1H3. The van der Waals surface area contributed by atoms with Crippen LogP contribution >= 0.6 is 0 Å². The van der Waals surface area contributed by atoms with Crippen LogP contribution in [-0.4, -0.2) is 54.6 Å². The second kappa shape index (κ2) is 7.33. The number of para-hydroxylation sites is 1. The minimum absolute atomic E-state index is 0.0140. The van der Waals surface area contributed by atoms with Gasteiger partial charge in [0.25, 0.3) is 5.91 Å². The Morgan fingerprint density at radius 2 is 2.00 bits per heavy atom. The lowest BCUT2D eigenvalue weighted by atomic mass is 10.2. The molecular formula is C22H22N2O5. The zero-order chi connectivity index (χ0) is 19.8. The summed E-state index contributed by atoms with van der Waals surface area (Å²) in [6.07, 6.45) is -0.187. The summed E-state index contributed by atoms with van der Waals surface area (Å²) in [7, 11) is 1.93. The molecule has 0 bridgehead atoms. The van der Waals surface area contributed by atoms with Gasteiger partial charge in [0.15, 0.2) is 11.5 Å². The molecule has 1 fully saturated rings. The quantitative estimate of drug-likeness (QED) is 0.681. The first-order chi connectivity index (χ1) is 14.2. The van der Waals surface area contributed by atoms with E-state index in [2.05, 4.69) is 0 Å². The Balaban J connectivity index is 1.25. The molecule has 0 radical (unpaired) electrons. The van der Waals surface area contributed by atoms with Crippen molar-refractivity contribution in [3.05, 3.63) is 54.2 Å². The zero-order valence-electron chi connectivity index (χ0n) is 16.2. The van der Waals surface area contributed by atoms with Crippen LogP contribution in [0.2, 0.25) is 0 Å². The Hall–Kier alpha value is -3.19. The number of benzene rings is 2. The second-order valence-electron chi connectivity index (χ2n) is 7.22. The van der Waals surface area contributed by atoms with Gasteiger partial charge in [-0.2, -0.15) is 0 Å². The van der Waals surface area contributed by atoms with E-state index in [1.165, 1.54) is 0 Å². The maximum atomic E-state index is 13.1. The summed E-state index contributed by atoms with van der Waals surface area (Å²) in [5, 5.41) is 1.06. The van der Waals surface area contributed by atoms with E-state index < -0.39 is 0 Å². The molecule has 0 N–H and O–H groups in total. The monoisotopic (exact) mass is 394 g/mol. The van der Waals surface area contributed by atoms with Crippen LogP contribution in [0.15, 0.2) is 48.5 Å². The van der Waals surface area contributed by atoms with Crippen molar-refractivity contribution >= 4 is 16.8 Å². The van der Waals surface area contributed by atoms with Crippen molar-refractivity contribution in [2.75, 3.05) is 33.1 Å². The lowest BCUT2D eigenvalue weighted by Gasteiger charge is -2.33. The highest BCUT2D eigenvalue weighted by Gasteiger charge is 2.27. The minimum atomic E-state index is -0.187. The lowest BCUT2D eigenvalue weighted by Crippen LogP contribution is -2.48. The van der Waals surface area contributed by atoms with Crippen LogP contribution < -0.4 is 14.2 Å². The summed E-state index contributed by atoms with van der Waals surface area (Å²) >= 11 is 0. The van der Waals surface area contributed by atoms with Gasteiger partial charge in [-0.15, -0.1) is 0 Å². The maximum absolute atomic E-state index is 13.1. The SMILES string of the molecule is Cn1c(C(=O)N2CCOC(COc3ccc4c(c3)OCO4)C2)cc2ccccc21. The average molecular weight is 394 g/mol. The summed E-state index contributed by atoms with van der Waals surface area (Å²) in [6.45, 7) is 2.14. The third-order valence-corrected chi connectivity index (χ3v) is 5.38. The number of aromatic nitrogens is 1. The molecule has 1 aromatic heterocycles. The van der Waals surface area contributed by atoms with Gasteiger partial charge in [-0.25, -0.2) is 0 Å². The lowest BCUT2D eigenvalue weighted by molar-refractivity contribution is -0.0403. The topological polar surface area (TPSA) is 62.2 Å². The fourth-order valence-electron chi connectivity index (χ4n) is 3.82. The molecule has 1 atom stereocenters. The van der Waals surface area contributed by atoms with Crippen LogP contribution in [-0.2, 0) is 11.8 Å². The predicted octanol–water partition coefficient (Wildman–Crippen LogP) is 2.83. The fourth-order valence-corrected chi connectivity index (χ4v) is 3.82. The van der Waals surface area contributed by atoms with Gasteiger partial charge in [-0.3, -0.25) is 4.79 Å². The molecular weight excluding hydrogens is 372 g/mol. The van der Waals surface area contributed by atoms with E-state index in [9.17, 15) is 4.79 Å². The fraction of sp³-hybridized carbons (Fsp3) is 0.318. The summed E-state index contributed by atoms with van der Waals surface area (Å²) in [4.78, 5) is 15.0. The van der Waals surface area contributed by atoms with Crippen LogP contribution in [0.1, 0.15) is 10.5 Å². The first-order valence-corrected chi connectivity index (χ1v) is 9.67. The van der Waals surface area contributed by atoms with Crippen molar-refractivity contribution in [2.45, 2.75) is 6.10 Å². The van der Waals surface area contributed by atoms with Crippen LogP contribution in [0.4, 0.5) is 0 Å². The molecule has 1 amide bonds. The molecule has 29 heavy (non-hydrogen) atoms. The highest BCUT2D eigenvalue weighted by Crippen LogP contribution is 2.35. The average Bonchev–Trinajstić information content (AvgIpc) is 3.36. The molecule has 3 aromatic rings. The van der Waals surface area contributed by atoms with Gasteiger partial charge in [-0.1, -0.05) is 18.2 Å². The van der Waals surface area contributed by atoms with Crippen LogP contribution in [0.5, 0.6) is 17.2 Å². The Morgan fingerprint density at radius 1 is 1.14 bits per heavy atom. The van der Waals surface area contributed by atoms with E-state index in [4.69, 9.17) is 18.9 Å². The molecule has 0 saturated carbocycles. The molecule has 5 rings (SSSR count). The number of carbonyl (C=O) groups excluding carboxylic acids is 1. The van der Waals surface area contributed by atoms with Crippen LogP contribution in [0.3, 0.4) is 0 Å². The normalized spacial score (nSPS) is 18.2. The molecule has 0 spiro atoms. The Labute approximate surface area is 168 Å². The molecule has 7 heteroatoms. The van der Waals surface area contributed by atoms with Gasteiger partial charge in [0.2, 0.25) is 6.79 Å². The molecule has 3 heterocycles. The number of aryl methyl sites for hydroxylation is 1. The summed E-state index contributed by atoms with van der Waals surface area (Å²) < 4.78 is 24.3. The molecule has 2 aliphatic rings. The summed E-state index contributed by atoms with van der Waals surface area (Å²) in [5.41, 5.74) is 1.73. The number of rotatable bonds is 4. The number of morpholine rings is 1. The second-order valence-corrected chi connectivity index (χ2v) is 7.22. The number of carbonyl (C=O) groups is 1. The first-order valence-electron chi connectivity index (χ1n) is 9.67. The van der Waals surface area contributed by atoms with Gasteiger partial charge in [0.1, 0.15) is 24.2 Å². The Kier molecular flexibility index (Phi) is 4.52. The first kappa shape index (κ1) is 17.9. The number of ether oxygens (including phenoxy) is 4. The molecule has 2 aliphatic heterocycles. The summed E-state index contributed by atoms with van der Waals surface area (Å²) in [6, 6.07) is 15.4. The van der Waals surface area contributed by atoms with Gasteiger partial charge < -0.3 is 28.4 Å². The Bertz CT molecular complexity index is 1060. The van der Waals surface area contributed by atoms with Crippen LogP contribution in [0.25, 0.3) is 10.9 Å². The van der Waals surface area contributed by atoms with Gasteiger partial charge in [0, 0.05) is 30.6 Å². The van der Waals surface area contributed by atoms with Gasteiger partial charge in [-0.05, 0) is 24.3 Å². The Morgan fingerprint density at radius 3 is 2.90 bits per heavy atom. The van der Waals surface area contributed by atoms with Gasteiger partial charge in [0.05, 0.1) is 13.2 Å². The minimum Gasteiger partial charge on any atom is -0.491 e. The predicted molar refractivity (Wildman–Crippen MR) is 107 cm³/mol. The number of hydrogen-bond donors (Lipinski definition) is 0. The van der Waals surface area contributed by atoms with Crippen molar-refractivity contribution in [3.63, 3.8) is 0 Å². The van der Waals surface area contributed by atoms with E-state index >= 15 is 0 Å². The molecule has 1 saturated heterocycles. The largest absolute Gasteiger partial charge is 0.491 e.